The lowest BCUT2D eigenvalue weighted by atomic mass is 10.0. The highest BCUT2D eigenvalue weighted by Gasteiger charge is 2.41. The Labute approximate surface area is 182 Å². The Morgan fingerprint density at radius 3 is 2.55 bits per heavy atom. The van der Waals surface area contributed by atoms with Crippen LogP contribution in [0.1, 0.15) is 49.5 Å². The number of sulfone groups is 1. The SMILES string of the molecule is CC(=O)N1CCC(N2C[C@H](O)C[C@H]2c2nc(CS(=O)(=O)c3ccc(C)cc3)no2)CC1. The number of hydrogen-bond donors (Lipinski definition) is 1. The summed E-state index contributed by atoms with van der Waals surface area (Å²) in [4.78, 5) is 20.2. The fraction of sp³-hybridized carbons (Fsp3) is 0.571. The third-order valence-electron chi connectivity index (χ3n) is 6.16. The summed E-state index contributed by atoms with van der Waals surface area (Å²) in [7, 11) is -3.58. The molecule has 2 fully saturated rings. The molecule has 0 unspecified atom stereocenters. The summed E-state index contributed by atoms with van der Waals surface area (Å²) in [5, 5.41) is 14.2. The first-order valence-electron chi connectivity index (χ1n) is 10.5. The number of hydrogen-bond acceptors (Lipinski definition) is 8. The Balaban J connectivity index is 1.47. The Morgan fingerprint density at radius 2 is 1.90 bits per heavy atom. The van der Waals surface area contributed by atoms with E-state index in [0.29, 0.717) is 31.9 Å². The first-order chi connectivity index (χ1) is 14.7. The molecule has 1 N–H and O–H groups in total. The van der Waals surface area contributed by atoms with Crippen molar-refractivity contribution < 1.29 is 22.8 Å². The summed E-state index contributed by atoms with van der Waals surface area (Å²) >= 11 is 0. The van der Waals surface area contributed by atoms with Crippen molar-refractivity contribution in [2.24, 2.45) is 0 Å². The molecule has 2 aliphatic rings. The van der Waals surface area contributed by atoms with Gasteiger partial charge >= 0.3 is 0 Å². The highest BCUT2D eigenvalue weighted by Crippen LogP contribution is 2.36. The van der Waals surface area contributed by atoms with Crippen LogP contribution >= 0.6 is 0 Å². The number of nitrogens with zero attached hydrogens (tertiary/aromatic N) is 4. The molecule has 0 spiro atoms. The summed E-state index contributed by atoms with van der Waals surface area (Å²) in [5.41, 5.74) is 0.981. The molecule has 0 bridgehead atoms. The smallest absolute Gasteiger partial charge is 0.244 e. The molecule has 168 valence electrons. The van der Waals surface area contributed by atoms with Crippen LogP contribution in [0.4, 0.5) is 0 Å². The maximum absolute atomic E-state index is 12.7. The van der Waals surface area contributed by atoms with Gasteiger partial charge in [-0.25, -0.2) is 8.42 Å². The summed E-state index contributed by atoms with van der Waals surface area (Å²) in [6.07, 6.45) is 1.57. The Bertz CT molecular complexity index is 1030. The monoisotopic (exact) mass is 448 g/mol. The first kappa shape index (κ1) is 21.9. The number of aliphatic hydroxyl groups is 1. The van der Waals surface area contributed by atoms with Gasteiger partial charge in [0.15, 0.2) is 15.7 Å². The van der Waals surface area contributed by atoms with Gasteiger partial charge in [-0.2, -0.15) is 4.98 Å². The summed E-state index contributed by atoms with van der Waals surface area (Å²) in [5.74, 6) is 0.182. The molecule has 9 nitrogen and oxygen atoms in total. The van der Waals surface area contributed by atoms with Crippen LogP contribution in [0.2, 0.25) is 0 Å². The average molecular weight is 449 g/mol. The van der Waals surface area contributed by atoms with Gasteiger partial charge in [0.1, 0.15) is 5.75 Å². The van der Waals surface area contributed by atoms with E-state index in [0.717, 1.165) is 18.4 Å². The van der Waals surface area contributed by atoms with Crippen molar-refractivity contribution in [3.63, 3.8) is 0 Å². The maximum Gasteiger partial charge on any atom is 0.244 e. The number of β-amino-alcohol motifs (C(OH)–C–C–N with tert-alkyl or cyclic N) is 1. The van der Waals surface area contributed by atoms with Crippen LogP contribution < -0.4 is 0 Å². The molecule has 2 aliphatic heterocycles. The quantitative estimate of drug-likeness (QED) is 0.731. The van der Waals surface area contributed by atoms with Crippen molar-refractivity contribution >= 4 is 15.7 Å². The average Bonchev–Trinajstić information content (AvgIpc) is 3.34. The van der Waals surface area contributed by atoms with Crippen LogP contribution in [-0.4, -0.2) is 71.2 Å². The van der Waals surface area contributed by atoms with Crippen LogP contribution in [0.25, 0.3) is 0 Å². The number of rotatable bonds is 5. The minimum absolute atomic E-state index is 0.0767. The molecule has 1 aromatic carbocycles. The molecule has 0 aliphatic carbocycles. The van der Waals surface area contributed by atoms with E-state index in [9.17, 15) is 18.3 Å². The molecule has 0 saturated carbocycles. The molecule has 2 atom stereocenters. The van der Waals surface area contributed by atoms with Gasteiger partial charge in [0.05, 0.1) is 17.0 Å². The Morgan fingerprint density at radius 1 is 1.23 bits per heavy atom. The molecule has 4 rings (SSSR count). The van der Waals surface area contributed by atoms with Crippen molar-refractivity contribution in [2.75, 3.05) is 19.6 Å². The fourth-order valence-corrected chi connectivity index (χ4v) is 5.63. The molecular formula is C21H28N4O5S. The van der Waals surface area contributed by atoms with E-state index in [1.807, 2.05) is 11.8 Å². The van der Waals surface area contributed by atoms with E-state index in [4.69, 9.17) is 4.52 Å². The third-order valence-corrected chi connectivity index (χ3v) is 7.79. The van der Waals surface area contributed by atoms with E-state index >= 15 is 0 Å². The maximum atomic E-state index is 12.7. The van der Waals surface area contributed by atoms with E-state index in [-0.39, 0.29) is 34.5 Å². The highest BCUT2D eigenvalue weighted by atomic mass is 32.2. The number of benzene rings is 1. The minimum atomic E-state index is -3.58. The van der Waals surface area contributed by atoms with Crippen molar-refractivity contribution in [3.8, 4) is 0 Å². The van der Waals surface area contributed by atoms with Gasteiger partial charge in [0.25, 0.3) is 0 Å². The van der Waals surface area contributed by atoms with E-state index in [1.54, 1.807) is 31.2 Å². The second-order valence-corrected chi connectivity index (χ2v) is 10.4. The van der Waals surface area contributed by atoms with Gasteiger partial charge in [0, 0.05) is 32.6 Å². The van der Waals surface area contributed by atoms with Crippen LogP contribution in [0.3, 0.4) is 0 Å². The second-order valence-electron chi connectivity index (χ2n) is 8.46. The normalized spacial score (nSPS) is 23.4. The van der Waals surface area contributed by atoms with Crippen molar-refractivity contribution in [2.45, 2.75) is 61.9 Å². The Hall–Kier alpha value is -2.30. The highest BCUT2D eigenvalue weighted by molar-refractivity contribution is 7.90. The predicted molar refractivity (Wildman–Crippen MR) is 112 cm³/mol. The zero-order valence-electron chi connectivity index (χ0n) is 17.8. The third kappa shape index (κ3) is 4.81. The molecular weight excluding hydrogens is 420 g/mol. The van der Waals surface area contributed by atoms with Crippen LogP contribution in [0.15, 0.2) is 33.7 Å². The molecule has 1 aromatic heterocycles. The van der Waals surface area contributed by atoms with E-state index in [2.05, 4.69) is 15.0 Å². The van der Waals surface area contributed by atoms with Crippen LogP contribution in [0.5, 0.6) is 0 Å². The lowest BCUT2D eigenvalue weighted by Gasteiger charge is -2.38. The molecule has 10 heteroatoms. The van der Waals surface area contributed by atoms with Gasteiger partial charge in [-0.3, -0.25) is 9.69 Å². The number of carbonyl (C=O) groups excluding carboxylic acids is 1. The molecule has 1 amide bonds. The van der Waals surface area contributed by atoms with E-state index in [1.165, 1.54) is 0 Å². The zero-order chi connectivity index (χ0) is 22.2. The number of likely N-dealkylation sites (tertiary alicyclic amines) is 2. The van der Waals surface area contributed by atoms with E-state index < -0.39 is 15.9 Å². The number of carbonyl (C=O) groups is 1. The van der Waals surface area contributed by atoms with Gasteiger partial charge < -0.3 is 14.5 Å². The minimum Gasteiger partial charge on any atom is -0.392 e. The molecule has 0 radical (unpaired) electrons. The number of piperidine rings is 1. The fourth-order valence-electron chi connectivity index (χ4n) is 4.46. The number of aryl methyl sites for hydroxylation is 1. The largest absolute Gasteiger partial charge is 0.392 e. The van der Waals surface area contributed by atoms with Crippen molar-refractivity contribution in [1.29, 1.82) is 0 Å². The standard InChI is InChI=1S/C21H28N4O5S/c1-14-3-5-18(6-4-14)31(28,29)13-20-22-21(30-23-20)19-11-17(27)12-25(19)16-7-9-24(10-8-16)15(2)26/h3-6,16-17,19,27H,7-13H2,1-2H3/t17-,19+/m1/s1. The summed E-state index contributed by atoms with van der Waals surface area (Å²) in [6, 6.07) is 6.60. The number of aromatic nitrogens is 2. The Kier molecular flexibility index (Phi) is 6.14. The van der Waals surface area contributed by atoms with Crippen molar-refractivity contribution in [1.82, 2.24) is 19.9 Å². The number of aliphatic hydroxyl groups excluding tert-OH is 1. The zero-order valence-corrected chi connectivity index (χ0v) is 18.6. The summed E-state index contributed by atoms with van der Waals surface area (Å²) < 4.78 is 30.8. The molecule has 2 aromatic rings. The second kappa shape index (κ2) is 8.68. The van der Waals surface area contributed by atoms with Crippen LogP contribution in [-0.2, 0) is 20.4 Å². The molecule has 2 saturated heterocycles. The molecule has 31 heavy (non-hydrogen) atoms. The van der Waals surface area contributed by atoms with Gasteiger partial charge in [-0.1, -0.05) is 22.9 Å². The first-order valence-corrected chi connectivity index (χ1v) is 12.2. The van der Waals surface area contributed by atoms with Crippen molar-refractivity contribution in [3.05, 3.63) is 41.5 Å². The predicted octanol–water partition coefficient (Wildman–Crippen LogP) is 1.47. The van der Waals surface area contributed by atoms with Gasteiger partial charge in [-0.05, 0) is 38.3 Å². The van der Waals surface area contributed by atoms with Gasteiger partial charge in [0.2, 0.25) is 11.8 Å². The molecule has 3 heterocycles. The summed E-state index contributed by atoms with van der Waals surface area (Å²) in [6.45, 7) is 5.34. The lowest BCUT2D eigenvalue weighted by molar-refractivity contribution is -0.130. The topological polar surface area (TPSA) is 117 Å². The van der Waals surface area contributed by atoms with Crippen LogP contribution in [0, 0.1) is 6.92 Å². The van der Waals surface area contributed by atoms with Gasteiger partial charge in [-0.15, -0.1) is 0 Å². The lowest BCUT2D eigenvalue weighted by Crippen LogP contribution is -2.46. The number of amides is 1.